The van der Waals surface area contributed by atoms with E-state index >= 15 is 0 Å². The Bertz CT molecular complexity index is 445. The fourth-order valence-electron chi connectivity index (χ4n) is 2.80. The lowest BCUT2D eigenvalue weighted by Gasteiger charge is -2.18. The Hall–Kier alpha value is -1.51. The molecule has 19 heavy (non-hydrogen) atoms. The molecule has 1 heterocycles. The largest absolute Gasteiger partial charge is 0.465 e. The van der Waals surface area contributed by atoms with Crippen LogP contribution in [-0.4, -0.2) is 25.7 Å². The van der Waals surface area contributed by atoms with Gasteiger partial charge < -0.3 is 9.64 Å². The van der Waals surface area contributed by atoms with Crippen LogP contribution in [0.3, 0.4) is 0 Å². The summed E-state index contributed by atoms with van der Waals surface area (Å²) in [7, 11) is 0. The third-order valence-corrected chi connectivity index (χ3v) is 4.28. The molecule has 2 fully saturated rings. The van der Waals surface area contributed by atoms with Crippen molar-refractivity contribution in [1.82, 2.24) is 0 Å². The molecule has 0 amide bonds. The molecule has 3 atom stereocenters. The molecule has 1 saturated carbocycles. The molecule has 3 rings (SSSR count). The quantitative estimate of drug-likeness (QED) is 0.779. The molecule has 3 heteroatoms. The Morgan fingerprint density at radius 2 is 2.11 bits per heavy atom. The first-order valence-corrected chi connectivity index (χ1v) is 7.20. The van der Waals surface area contributed by atoms with Crippen molar-refractivity contribution in [3.63, 3.8) is 0 Å². The van der Waals surface area contributed by atoms with Crippen LogP contribution < -0.4 is 4.90 Å². The highest BCUT2D eigenvalue weighted by molar-refractivity contribution is 5.75. The minimum absolute atomic E-state index is 0.0191. The predicted octanol–water partition coefficient (Wildman–Crippen LogP) is 2.71. The Kier molecular flexibility index (Phi) is 3.45. The topological polar surface area (TPSA) is 29.5 Å². The first-order chi connectivity index (χ1) is 9.24. The second-order valence-corrected chi connectivity index (χ2v) is 5.89. The number of carbonyl (C=O) groups is 1. The van der Waals surface area contributed by atoms with E-state index in [-0.39, 0.29) is 11.9 Å². The van der Waals surface area contributed by atoms with Crippen molar-refractivity contribution in [3.8, 4) is 0 Å². The number of benzene rings is 1. The minimum atomic E-state index is 0.0191. The number of carbonyl (C=O) groups excluding carboxylic acids is 1. The van der Waals surface area contributed by atoms with E-state index in [0.717, 1.165) is 25.9 Å². The zero-order valence-electron chi connectivity index (χ0n) is 11.4. The average molecular weight is 259 g/mol. The van der Waals surface area contributed by atoms with Gasteiger partial charge in [0.05, 0.1) is 12.5 Å². The monoisotopic (exact) mass is 259 g/mol. The summed E-state index contributed by atoms with van der Waals surface area (Å²) in [4.78, 5) is 14.1. The molecule has 0 N–H and O–H groups in total. The van der Waals surface area contributed by atoms with Gasteiger partial charge in [-0.3, -0.25) is 4.79 Å². The van der Waals surface area contributed by atoms with Crippen molar-refractivity contribution >= 4 is 11.7 Å². The fourth-order valence-corrected chi connectivity index (χ4v) is 2.80. The zero-order chi connectivity index (χ0) is 13.2. The SMILES string of the molecule is CC1CC1C(=O)OCC1CCN(c2ccccc2)C1. The van der Waals surface area contributed by atoms with Crippen LogP contribution >= 0.6 is 0 Å². The summed E-state index contributed by atoms with van der Waals surface area (Å²) in [5.41, 5.74) is 1.27. The molecular weight excluding hydrogens is 238 g/mol. The molecular formula is C16H21NO2. The Morgan fingerprint density at radius 3 is 2.79 bits per heavy atom. The molecule has 0 spiro atoms. The number of para-hydroxylation sites is 1. The highest BCUT2D eigenvalue weighted by atomic mass is 16.5. The molecule has 1 aromatic carbocycles. The number of hydrogen-bond acceptors (Lipinski definition) is 3. The maximum Gasteiger partial charge on any atom is 0.309 e. The maximum atomic E-state index is 11.7. The fraction of sp³-hybridized carbons (Fsp3) is 0.562. The minimum Gasteiger partial charge on any atom is -0.465 e. The van der Waals surface area contributed by atoms with E-state index in [1.807, 2.05) is 6.07 Å². The summed E-state index contributed by atoms with van der Waals surface area (Å²) in [5, 5.41) is 0. The summed E-state index contributed by atoms with van der Waals surface area (Å²) in [6.07, 6.45) is 2.13. The van der Waals surface area contributed by atoms with E-state index in [4.69, 9.17) is 4.74 Å². The van der Waals surface area contributed by atoms with Crippen LogP contribution in [0.5, 0.6) is 0 Å². The van der Waals surface area contributed by atoms with Crippen molar-refractivity contribution < 1.29 is 9.53 Å². The van der Waals surface area contributed by atoms with E-state index in [9.17, 15) is 4.79 Å². The highest BCUT2D eigenvalue weighted by Crippen LogP contribution is 2.38. The van der Waals surface area contributed by atoms with Crippen LogP contribution in [0.4, 0.5) is 5.69 Å². The van der Waals surface area contributed by atoms with Crippen molar-refractivity contribution in [1.29, 1.82) is 0 Å². The molecule has 3 nitrogen and oxygen atoms in total. The first kappa shape index (κ1) is 12.5. The highest BCUT2D eigenvalue weighted by Gasteiger charge is 2.40. The maximum absolute atomic E-state index is 11.7. The van der Waals surface area contributed by atoms with Gasteiger partial charge in [-0.05, 0) is 30.9 Å². The zero-order valence-corrected chi connectivity index (χ0v) is 11.4. The summed E-state index contributed by atoms with van der Waals surface area (Å²) in [6, 6.07) is 10.4. The first-order valence-electron chi connectivity index (χ1n) is 7.20. The lowest BCUT2D eigenvalue weighted by Crippen LogP contribution is -2.22. The molecule has 1 aliphatic carbocycles. The van der Waals surface area contributed by atoms with Gasteiger partial charge in [-0.2, -0.15) is 0 Å². The average Bonchev–Trinajstić information content (AvgIpc) is 3.00. The van der Waals surface area contributed by atoms with Crippen LogP contribution in [0.15, 0.2) is 30.3 Å². The van der Waals surface area contributed by atoms with Crippen molar-refractivity contribution in [2.24, 2.45) is 17.8 Å². The molecule has 0 aromatic heterocycles. The van der Waals surface area contributed by atoms with Crippen LogP contribution in [0.2, 0.25) is 0 Å². The Balaban J connectivity index is 1.46. The predicted molar refractivity (Wildman–Crippen MR) is 75.0 cm³/mol. The van der Waals surface area contributed by atoms with Crippen LogP contribution in [-0.2, 0) is 9.53 Å². The summed E-state index contributed by atoms with van der Waals surface area (Å²) >= 11 is 0. The van der Waals surface area contributed by atoms with Crippen LogP contribution in [0.25, 0.3) is 0 Å². The van der Waals surface area contributed by atoms with Gasteiger partial charge >= 0.3 is 5.97 Å². The molecule has 0 radical (unpaired) electrons. The van der Waals surface area contributed by atoms with Crippen LogP contribution in [0.1, 0.15) is 19.8 Å². The summed E-state index contributed by atoms with van der Waals surface area (Å²) in [5.74, 6) is 1.23. The Labute approximate surface area is 114 Å². The number of hydrogen-bond donors (Lipinski definition) is 0. The van der Waals surface area contributed by atoms with E-state index in [1.165, 1.54) is 5.69 Å². The van der Waals surface area contributed by atoms with E-state index < -0.39 is 0 Å². The van der Waals surface area contributed by atoms with Crippen molar-refractivity contribution in [3.05, 3.63) is 30.3 Å². The van der Waals surface area contributed by atoms with E-state index in [0.29, 0.717) is 18.4 Å². The standard InChI is InChI=1S/C16H21NO2/c1-12-9-15(12)16(18)19-11-13-7-8-17(10-13)14-5-3-2-4-6-14/h2-6,12-13,15H,7-11H2,1H3. The van der Waals surface area contributed by atoms with Gasteiger partial charge in [0.1, 0.15) is 0 Å². The van der Waals surface area contributed by atoms with Crippen LogP contribution in [0, 0.1) is 17.8 Å². The third-order valence-electron chi connectivity index (χ3n) is 4.28. The molecule has 1 aliphatic heterocycles. The van der Waals surface area contributed by atoms with Gasteiger partial charge in [0.2, 0.25) is 0 Å². The number of esters is 1. The van der Waals surface area contributed by atoms with E-state index in [2.05, 4.69) is 36.1 Å². The molecule has 0 bridgehead atoms. The molecule has 3 unspecified atom stereocenters. The number of rotatable bonds is 4. The van der Waals surface area contributed by atoms with Crippen molar-refractivity contribution in [2.75, 3.05) is 24.6 Å². The van der Waals surface area contributed by atoms with Gasteiger partial charge in [0, 0.05) is 24.7 Å². The molecule has 102 valence electrons. The molecule has 2 aliphatic rings. The van der Waals surface area contributed by atoms with Gasteiger partial charge in [-0.25, -0.2) is 0 Å². The summed E-state index contributed by atoms with van der Waals surface area (Å²) < 4.78 is 5.44. The summed E-state index contributed by atoms with van der Waals surface area (Å²) in [6.45, 7) is 4.76. The van der Waals surface area contributed by atoms with Gasteiger partial charge in [-0.1, -0.05) is 25.1 Å². The van der Waals surface area contributed by atoms with Gasteiger partial charge in [0.25, 0.3) is 0 Å². The van der Waals surface area contributed by atoms with Gasteiger partial charge in [-0.15, -0.1) is 0 Å². The lowest BCUT2D eigenvalue weighted by molar-refractivity contribution is -0.146. The number of nitrogens with zero attached hydrogens (tertiary/aromatic N) is 1. The third kappa shape index (κ3) is 2.91. The molecule has 1 aromatic rings. The lowest BCUT2D eigenvalue weighted by atomic mass is 10.1. The van der Waals surface area contributed by atoms with Gasteiger partial charge in [0.15, 0.2) is 0 Å². The van der Waals surface area contributed by atoms with E-state index in [1.54, 1.807) is 0 Å². The van der Waals surface area contributed by atoms with Crippen molar-refractivity contribution in [2.45, 2.75) is 19.8 Å². The second-order valence-electron chi connectivity index (χ2n) is 5.89. The second kappa shape index (κ2) is 5.24. The molecule has 1 saturated heterocycles. The number of anilines is 1. The Morgan fingerprint density at radius 1 is 1.37 bits per heavy atom. The smallest absolute Gasteiger partial charge is 0.309 e. The normalized spacial score (nSPS) is 29.3. The number of ether oxygens (including phenoxy) is 1.